The monoisotopic (exact) mass is 275 g/mol. The van der Waals surface area contributed by atoms with Crippen LogP contribution in [0, 0.1) is 5.92 Å². The van der Waals surface area contributed by atoms with Crippen molar-refractivity contribution >= 4 is 6.29 Å². The summed E-state index contributed by atoms with van der Waals surface area (Å²) in [6.07, 6.45) is 7.76. The van der Waals surface area contributed by atoms with Crippen LogP contribution < -0.4 is 4.74 Å². The molecule has 2 rings (SSSR count). The van der Waals surface area contributed by atoms with Crippen molar-refractivity contribution in [2.75, 3.05) is 20.7 Å². The lowest BCUT2D eigenvalue weighted by atomic mass is 9.89. The number of hydrogen-bond donors (Lipinski definition) is 0. The molecule has 0 spiro atoms. The second-order valence-corrected chi connectivity index (χ2v) is 5.89. The van der Waals surface area contributed by atoms with E-state index in [2.05, 4.69) is 11.9 Å². The van der Waals surface area contributed by atoms with Gasteiger partial charge in [-0.2, -0.15) is 0 Å². The number of rotatable bonds is 6. The Morgan fingerprint density at radius 1 is 1.30 bits per heavy atom. The van der Waals surface area contributed by atoms with E-state index >= 15 is 0 Å². The van der Waals surface area contributed by atoms with Gasteiger partial charge in [0.1, 0.15) is 12.0 Å². The molecule has 0 bridgehead atoms. The normalized spacial score (nSPS) is 16.4. The van der Waals surface area contributed by atoms with Crippen LogP contribution in [0.1, 0.15) is 48.0 Å². The van der Waals surface area contributed by atoms with Crippen molar-refractivity contribution in [3.63, 3.8) is 0 Å². The van der Waals surface area contributed by atoms with Gasteiger partial charge < -0.3 is 9.64 Å². The van der Waals surface area contributed by atoms with Gasteiger partial charge in [-0.15, -0.1) is 0 Å². The highest BCUT2D eigenvalue weighted by Crippen LogP contribution is 2.26. The first-order valence-corrected chi connectivity index (χ1v) is 7.53. The van der Waals surface area contributed by atoms with Gasteiger partial charge in [-0.25, -0.2) is 0 Å². The molecule has 1 aliphatic rings. The largest absolute Gasteiger partial charge is 0.496 e. The standard InChI is InChI=1S/C17H25NO2/c1-18(11-14-6-4-3-5-7-14)12-16-10-15(13-19)8-9-17(16)20-2/h8-10,13-14H,3-7,11-12H2,1-2H3. The summed E-state index contributed by atoms with van der Waals surface area (Å²) >= 11 is 0. The molecular formula is C17H25NO2. The van der Waals surface area contributed by atoms with E-state index in [4.69, 9.17) is 4.74 Å². The van der Waals surface area contributed by atoms with Crippen LogP contribution >= 0.6 is 0 Å². The third kappa shape index (κ3) is 4.07. The van der Waals surface area contributed by atoms with E-state index in [0.717, 1.165) is 36.6 Å². The lowest BCUT2D eigenvalue weighted by Crippen LogP contribution is -2.26. The van der Waals surface area contributed by atoms with Gasteiger partial charge in [0.25, 0.3) is 0 Å². The van der Waals surface area contributed by atoms with Gasteiger partial charge in [0.15, 0.2) is 0 Å². The summed E-state index contributed by atoms with van der Waals surface area (Å²) in [5.74, 6) is 1.69. The van der Waals surface area contributed by atoms with Gasteiger partial charge in [0, 0.05) is 24.2 Å². The van der Waals surface area contributed by atoms with E-state index in [9.17, 15) is 4.79 Å². The lowest BCUT2D eigenvalue weighted by Gasteiger charge is -2.27. The molecule has 0 atom stereocenters. The number of ether oxygens (including phenoxy) is 1. The maximum absolute atomic E-state index is 10.9. The zero-order chi connectivity index (χ0) is 14.4. The molecule has 1 aliphatic carbocycles. The van der Waals surface area contributed by atoms with Crippen LogP contribution in [0.5, 0.6) is 5.75 Å². The van der Waals surface area contributed by atoms with Gasteiger partial charge >= 0.3 is 0 Å². The molecule has 0 N–H and O–H groups in total. The molecule has 0 aromatic heterocycles. The zero-order valence-electron chi connectivity index (χ0n) is 12.6. The van der Waals surface area contributed by atoms with E-state index < -0.39 is 0 Å². The number of benzene rings is 1. The second kappa shape index (κ2) is 7.44. The van der Waals surface area contributed by atoms with E-state index in [1.165, 1.54) is 32.1 Å². The van der Waals surface area contributed by atoms with E-state index in [-0.39, 0.29) is 0 Å². The fourth-order valence-electron chi connectivity index (χ4n) is 3.16. The summed E-state index contributed by atoms with van der Waals surface area (Å²) in [5, 5.41) is 0. The smallest absolute Gasteiger partial charge is 0.150 e. The Bertz CT molecular complexity index is 439. The summed E-state index contributed by atoms with van der Waals surface area (Å²) in [6, 6.07) is 5.62. The molecule has 0 heterocycles. The fraction of sp³-hybridized carbons (Fsp3) is 0.588. The first-order chi connectivity index (χ1) is 9.72. The Balaban J connectivity index is 1.98. The van der Waals surface area contributed by atoms with Crippen LogP contribution in [-0.2, 0) is 6.54 Å². The molecule has 3 heteroatoms. The molecule has 1 saturated carbocycles. The highest BCUT2D eigenvalue weighted by atomic mass is 16.5. The summed E-state index contributed by atoms with van der Waals surface area (Å²) in [6.45, 7) is 1.97. The van der Waals surface area contributed by atoms with Crippen molar-refractivity contribution in [2.45, 2.75) is 38.6 Å². The minimum Gasteiger partial charge on any atom is -0.496 e. The first kappa shape index (κ1) is 15.0. The van der Waals surface area contributed by atoms with Gasteiger partial charge in [-0.05, 0) is 44.0 Å². The van der Waals surface area contributed by atoms with Crippen molar-refractivity contribution in [1.82, 2.24) is 4.90 Å². The average Bonchev–Trinajstić information content (AvgIpc) is 2.48. The zero-order valence-corrected chi connectivity index (χ0v) is 12.6. The lowest BCUT2D eigenvalue weighted by molar-refractivity contribution is 0.112. The minimum absolute atomic E-state index is 0.715. The van der Waals surface area contributed by atoms with Crippen molar-refractivity contribution in [3.05, 3.63) is 29.3 Å². The van der Waals surface area contributed by atoms with E-state index in [1.54, 1.807) is 13.2 Å². The summed E-state index contributed by atoms with van der Waals surface area (Å²) in [5.41, 5.74) is 1.81. The number of hydrogen-bond acceptors (Lipinski definition) is 3. The third-order valence-electron chi connectivity index (χ3n) is 4.18. The molecule has 0 radical (unpaired) electrons. The predicted molar refractivity (Wildman–Crippen MR) is 81.3 cm³/mol. The van der Waals surface area contributed by atoms with E-state index in [0.29, 0.717) is 5.56 Å². The molecule has 0 amide bonds. The molecule has 1 aromatic carbocycles. The summed E-state index contributed by atoms with van der Waals surface area (Å²) in [7, 11) is 3.84. The summed E-state index contributed by atoms with van der Waals surface area (Å²) in [4.78, 5) is 13.3. The number of methoxy groups -OCH3 is 1. The van der Waals surface area contributed by atoms with E-state index in [1.807, 2.05) is 12.1 Å². The molecule has 1 aromatic rings. The van der Waals surface area contributed by atoms with Gasteiger partial charge in [-0.1, -0.05) is 19.3 Å². The molecule has 1 fully saturated rings. The van der Waals surface area contributed by atoms with Gasteiger partial charge in [-0.3, -0.25) is 4.79 Å². The topological polar surface area (TPSA) is 29.5 Å². The molecule has 110 valence electrons. The maximum atomic E-state index is 10.9. The van der Waals surface area contributed by atoms with Crippen LogP contribution in [-0.4, -0.2) is 31.9 Å². The van der Waals surface area contributed by atoms with Crippen molar-refractivity contribution in [1.29, 1.82) is 0 Å². The number of carbonyl (C=O) groups is 1. The molecule has 3 nitrogen and oxygen atoms in total. The predicted octanol–water partition coefficient (Wildman–Crippen LogP) is 3.52. The minimum atomic E-state index is 0.715. The second-order valence-electron chi connectivity index (χ2n) is 5.89. The third-order valence-corrected chi connectivity index (χ3v) is 4.18. The van der Waals surface area contributed by atoms with Crippen LogP contribution in [0.15, 0.2) is 18.2 Å². The van der Waals surface area contributed by atoms with Crippen molar-refractivity contribution in [3.8, 4) is 5.75 Å². The SMILES string of the molecule is COc1ccc(C=O)cc1CN(C)CC1CCCCC1. The highest BCUT2D eigenvalue weighted by molar-refractivity contribution is 5.75. The Morgan fingerprint density at radius 2 is 2.05 bits per heavy atom. The fourth-order valence-corrected chi connectivity index (χ4v) is 3.16. The van der Waals surface area contributed by atoms with Crippen LogP contribution in [0.3, 0.4) is 0 Å². The molecule has 20 heavy (non-hydrogen) atoms. The van der Waals surface area contributed by atoms with Gasteiger partial charge in [0.2, 0.25) is 0 Å². The first-order valence-electron chi connectivity index (χ1n) is 7.53. The Hall–Kier alpha value is -1.35. The summed E-state index contributed by atoms with van der Waals surface area (Å²) < 4.78 is 5.39. The Morgan fingerprint density at radius 3 is 2.70 bits per heavy atom. The van der Waals surface area contributed by atoms with Gasteiger partial charge in [0.05, 0.1) is 7.11 Å². The molecule has 0 aliphatic heterocycles. The Kier molecular flexibility index (Phi) is 5.60. The number of aldehydes is 1. The number of carbonyl (C=O) groups excluding carboxylic acids is 1. The van der Waals surface area contributed by atoms with Crippen LogP contribution in [0.4, 0.5) is 0 Å². The van der Waals surface area contributed by atoms with Crippen LogP contribution in [0.25, 0.3) is 0 Å². The molecule has 0 saturated heterocycles. The number of nitrogens with zero attached hydrogens (tertiary/aromatic N) is 1. The molecule has 0 unspecified atom stereocenters. The van der Waals surface area contributed by atoms with Crippen molar-refractivity contribution in [2.24, 2.45) is 5.92 Å². The average molecular weight is 275 g/mol. The molecular weight excluding hydrogens is 250 g/mol. The Labute approximate surface area is 121 Å². The van der Waals surface area contributed by atoms with Crippen molar-refractivity contribution < 1.29 is 9.53 Å². The quantitative estimate of drug-likeness (QED) is 0.744. The van der Waals surface area contributed by atoms with Crippen LogP contribution in [0.2, 0.25) is 0 Å². The maximum Gasteiger partial charge on any atom is 0.150 e. The highest BCUT2D eigenvalue weighted by Gasteiger charge is 2.16.